The first-order valence-corrected chi connectivity index (χ1v) is 10.8. The molecule has 1 amide bonds. The van der Waals surface area contributed by atoms with E-state index < -0.39 is 6.09 Å². The lowest BCUT2D eigenvalue weighted by atomic mass is 10.1. The quantitative estimate of drug-likeness (QED) is 0.333. The van der Waals surface area contributed by atoms with Crippen molar-refractivity contribution in [3.8, 4) is 11.3 Å². The minimum Gasteiger partial charge on any atom is -0.465 e. The Morgan fingerprint density at radius 3 is 2.65 bits per heavy atom. The average molecular weight is 458 g/mol. The van der Waals surface area contributed by atoms with E-state index in [-0.39, 0.29) is 18.9 Å². The maximum Gasteiger partial charge on any atom is 0.407 e. The number of benzene rings is 2. The van der Waals surface area contributed by atoms with Gasteiger partial charge in [-0.1, -0.05) is 30.3 Å². The van der Waals surface area contributed by atoms with Crippen molar-refractivity contribution in [1.29, 1.82) is 0 Å². The standard InChI is InChI=1S/C25H23FN6O2/c1-27-24-21-22(31(2)14-28-21)19-11-20(29-23(19)30-24)17-5-3-4-16(10-17)13-32(25(33)34)12-15-6-8-18(26)9-7-15/h3-11,14H,12-13H2,1-2H3,(H,33,34)(H2,27,29,30). The predicted octanol–water partition coefficient (Wildman–Crippen LogP) is 4.98. The lowest BCUT2D eigenvalue weighted by Gasteiger charge is -2.20. The van der Waals surface area contributed by atoms with Gasteiger partial charge in [0.25, 0.3) is 0 Å². The summed E-state index contributed by atoms with van der Waals surface area (Å²) in [5.41, 5.74) is 5.88. The molecule has 0 unspecified atom stereocenters. The minimum atomic E-state index is -1.04. The molecule has 0 aliphatic heterocycles. The molecule has 9 heteroatoms. The molecule has 0 saturated heterocycles. The first kappa shape index (κ1) is 21.4. The summed E-state index contributed by atoms with van der Waals surface area (Å²) in [5, 5.41) is 13.8. The molecule has 3 N–H and O–H groups in total. The van der Waals surface area contributed by atoms with Gasteiger partial charge in [0.15, 0.2) is 5.82 Å². The molecule has 0 fully saturated rings. The Morgan fingerprint density at radius 2 is 1.91 bits per heavy atom. The Morgan fingerprint density at radius 1 is 1.15 bits per heavy atom. The van der Waals surface area contributed by atoms with Gasteiger partial charge in [-0.25, -0.2) is 19.2 Å². The first-order chi connectivity index (χ1) is 16.4. The van der Waals surface area contributed by atoms with Gasteiger partial charge in [0.05, 0.1) is 11.8 Å². The summed E-state index contributed by atoms with van der Waals surface area (Å²) < 4.78 is 15.2. The molecule has 34 heavy (non-hydrogen) atoms. The van der Waals surface area contributed by atoms with Crippen molar-refractivity contribution in [2.75, 3.05) is 12.4 Å². The third kappa shape index (κ3) is 3.92. The summed E-state index contributed by atoms with van der Waals surface area (Å²) in [6.45, 7) is 0.371. The first-order valence-electron chi connectivity index (χ1n) is 10.8. The molecule has 5 aromatic rings. The number of carbonyl (C=O) groups is 1. The third-order valence-corrected chi connectivity index (χ3v) is 5.84. The number of pyridine rings is 1. The molecular weight excluding hydrogens is 435 g/mol. The number of aryl methyl sites for hydroxylation is 1. The van der Waals surface area contributed by atoms with Crippen LogP contribution < -0.4 is 5.32 Å². The van der Waals surface area contributed by atoms with E-state index in [4.69, 9.17) is 0 Å². The monoisotopic (exact) mass is 458 g/mol. The number of nitrogens with zero attached hydrogens (tertiary/aromatic N) is 4. The number of amides is 1. The fourth-order valence-electron chi connectivity index (χ4n) is 4.19. The van der Waals surface area contributed by atoms with Gasteiger partial charge in [0, 0.05) is 38.3 Å². The van der Waals surface area contributed by atoms with Gasteiger partial charge >= 0.3 is 6.09 Å². The van der Waals surface area contributed by atoms with Crippen molar-refractivity contribution in [2.24, 2.45) is 7.05 Å². The van der Waals surface area contributed by atoms with Crippen LogP contribution in [-0.4, -0.2) is 42.7 Å². The van der Waals surface area contributed by atoms with Gasteiger partial charge in [-0.3, -0.25) is 4.90 Å². The molecule has 8 nitrogen and oxygen atoms in total. The van der Waals surface area contributed by atoms with E-state index in [9.17, 15) is 14.3 Å². The van der Waals surface area contributed by atoms with Gasteiger partial charge in [-0.2, -0.15) is 0 Å². The van der Waals surface area contributed by atoms with Gasteiger partial charge in [-0.15, -0.1) is 0 Å². The van der Waals surface area contributed by atoms with E-state index in [1.165, 1.54) is 17.0 Å². The van der Waals surface area contributed by atoms with Crippen molar-refractivity contribution in [3.05, 3.63) is 77.9 Å². The Bertz CT molecular complexity index is 1510. The molecule has 5 rings (SSSR count). The van der Waals surface area contributed by atoms with Crippen LogP contribution in [0.4, 0.5) is 15.0 Å². The van der Waals surface area contributed by atoms with Gasteiger partial charge in [0.1, 0.15) is 17.0 Å². The topological polar surface area (TPSA) is 99.1 Å². The van der Waals surface area contributed by atoms with Gasteiger partial charge < -0.3 is 20.0 Å². The van der Waals surface area contributed by atoms with Crippen LogP contribution in [0.2, 0.25) is 0 Å². The van der Waals surface area contributed by atoms with Crippen LogP contribution >= 0.6 is 0 Å². The third-order valence-electron chi connectivity index (χ3n) is 5.84. The second-order valence-electron chi connectivity index (χ2n) is 8.17. The van der Waals surface area contributed by atoms with Crippen molar-refractivity contribution < 1.29 is 14.3 Å². The number of anilines is 1. The summed E-state index contributed by atoms with van der Waals surface area (Å²) in [6.07, 6.45) is 0.726. The summed E-state index contributed by atoms with van der Waals surface area (Å²) in [6, 6.07) is 15.6. The van der Waals surface area contributed by atoms with Crippen LogP contribution in [0.25, 0.3) is 33.3 Å². The molecule has 172 valence electrons. The van der Waals surface area contributed by atoms with Gasteiger partial charge in [-0.05, 0) is 41.0 Å². The van der Waals surface area contributed by atoms with Crippen molar-refractivity contribution in [1.82, 2.24) is 24.4 Å². The van der Waals surface area contributed by atoms with E-state index in [1.807, 2.05) is 49.0 Å². The number of halogens is 1. The van der Waals surface area contributed by atoms with E-state index in [0.717, 1.165) is 44.5 Å². The Hall–Kier alpha value is -4.40. The predicted molar refractivity (Wildman–Crippen MR) is 129 cm³/mol. The van der Waals surface area contributed by atoms with Crippen molar-refractivity contribution in [3.63, 3.8) is 0 Å². The molecule has 3 heterocycles. The van der Waals surface area contributed by atoms with Crippen LogP contribution in [-0.2, 0) is 20.1 Å². The number of carboxylic acid groups (broad SMARTS) is 1. The number of nitrogens with one attached hydrogen (secondary N) is 2. The second kappa shape index (κ2) is 8.51. The maximum atomic E-state index is 13.2. The zero-order chi connectivity index (χ0) is 23.8. The van der Waals surface area contributed by atoms with Crippen LogP contribution in [0.15, 0.2) is 60.9 Å². The highest BCUT2D eigenvalue weighted by Gasteiger charge is 2.17. The van der Waals surface area contributed by atoms with Crippen molar-refractivity contribution >= 4 is 34.0 Å². The highest BCUT2D eigenvalue weighted by molar-refractivity contribution is 6.07. The SMILES string of the molecule is CNc1nc2[nH]c(-c3cccc(CN(Cc4ccc(F)cc4)C(=O)O)c3)cc2c2c1ncn2C. The molecule has 0 aliphatic carbocycles. The fraction of sp³-hybridized carbons (Fsp3) is 0.160. The molecule has 2 aromatic carbocycles. The zero-order valence-electron chi connectivity index (χ0n) is 18.7. The molecule has 0 aliphatic rings. The number of aromatic nitrogens is 4. The number of H-pyrrole nitrogens is 1. The highest BCUT2D eigenvalue weighted by Crippen LogP contribution is 2.32. The molecule has 0 bridgehead atoms. The molecule has 3 aromatic heterocycles. The van der Waals surface area contributed by atoms with E-state index >= 15 is 0 Å². The average Bonchev–Trinajstić information content (AvgIpc) is 3.43. The Balaban J connectivity index is 1.47. The summed E-state index contributed by atoms with van der Waals surface area (Å²) in [5.74, 6) is 0.347. The summed E-state index contributed by atoms with van der Waals surface area (Å²) >= 11 is 0. The lowest BCUT2D eigenvalue weighted by Crippen LogP contribution is -2.28. The largest absolute Gasteiger partial charge is 0.465 e. The smallest absolute Gasteiger partial charge is 0.407 e. The van der Waals surface area contributed by atoms with Crippen LogP contribution in [0, 0.1) is 5.82 Å². The number of rotatable bonds is 6. The summed E-state index contributed by atoms with van der Waals surface area (Å²) in [7, 11) is 3.76. The molecule has 0 radical (unpaired) electrons. The van der Waals surface area contributed by atoms with E-state index in [1.54, 1.807) is 18.5 Å². The number of aromatic amines is 1. The fourth-order valence-corrected chi connectivity index (χ4v) is 4.19. The number of hydrogen-bond acceptors (Lipinski definition) is 4. The van der Waals surface area contributed by atoms with Crippen LogP contribution in [0.3, 0.4) is 0 Å². The van der Waals surface area contributed by atoms with Gasteiger partial charge in [0.2, 0.25) is 0 Å². The molecule has 0 spiro atoms. The maximum absolute atomic E-state index is 13.2. The Kier molecular flexibility index (Phi) is 5.37. The molecular formula is C25H23FN6O2. The molecule has 0 atom stereocenters. The van der Waals surface area contributed by atoms with Crippen molar-refractivity contribution in [2.45, 2.75) is 13.1 Å². The number of hydrogen-bond donors (Lipinski definition) is 3. The normalized spacial score (nSPS) is 11.3. The minimum absolute atomic E-state index is 0.168. The lowest BCUT2D eigenvalue weighted by molar-refractivity contribution is 0.139. The van der Waals surface area contributed by atoms with E-state index in [0.29, 0.717) is 5.82 Å². The van der Waals surface area contributed by atoms with Crippen LogP contribution in [0.5, 0.6) is 0 Å². The summed E-state index contributed by atoms with van der Waals surface area (Å²) in [4.78, 5) is 25.7. The highest BCUT2D eigenvalue weighted by atomic mass is 19.1. The van der Waals surface area contributed by atoms with Crippen LogP contribution in [0.1, 0.15) is 11.1 Å². The number of imidazole rings is 1. The molecule has 0 saturated carbocycles. The van der Waals surface area contributed by atoms with E-state index in [2.05, 4.69) is 20.3 Å². The second-order valence-corrected chi connectivity index (χ2v) is 8.17. The number of fused-ring (bicyclic) bond motifs is 3. The zero-order valence-corrected chi connectivity index (χ0v) is 18.7. The Labute approximate surface area is 194 Å².